The van der Waals surface area contributed by atoms with Gasteiger partial charge in [0.05, 0.1) is 17.2 Å². The van der Waals surface area contributed by atoms with Gasteiger partial charge in [-0.1, -0.05) is 36.9 Å². The fourth-order valence-corrected chi connectivity index (χ4v) is 5.35. The summed E-state index contributed by atoms with van der Waals surface area (Å²) in [5, 5.41) is 25.2. The molecular weight excluding hydrogens is 470 g/mol. The number of aromatic amines is 1. The smallest absolute Gasteiger partial charge is 0.245 e. The summed E-state index contributed by atoms with van der Waals surface area (Å²) in [6, 6.07) is 10.0. The maximum absolute atomic E-state index is 13.1. The number of aromatic nitrogens is 2. The Labute approximate surface area is 218 Å². The summed E-state index contributed by atoms with van der Waals surface area (Å²) < 4.78 is 0. The predicted molar refractivity (Wildman–Crippen MR) is 142 cm³/mol. The number of benzene rings is 1. The molecule has 3 heterocycles. The van der Waals surface area contributed by atoms with Gasteiger partial charge < -0.3 is 20.2 Å². The molecule has 0 radical (unpaired) electrons. The molecule has 0 saturated carbocycles. The Bertz CT molecular complexity index is 1110. The summed E-state index contributed by atoms with van der Waals surface area (Å²) in [6.45, 7) is 9.74. The van der Waals surface area contributed by atoms with E-state index < -0.39 is 11.9 Å². The molecule has 2 amide bonds. The van der Waals surface area contributed by atoms with Crippen molar-refractivity contribution in [3.63, 3.8) is 0 Å². The van der Waals surface area contributed by atoms with Crippen LogP contribution >= 0.6 is 0 Å². The summed E-state index contributed by atoms with van der Waals surface area (Å²) in [7, 11) is 4.02. The molecule has 0 spiro atoms. The van der Waals surface area contributed by atoms with Crippen LogP contribution in [0.15, 0.2) is 43.0 Å². The quantitative estimate of drug-likeness (QED) is 0.302. The van der Waals surface area contributed by atoms with E-state index in [2.05, 4.69) is 44.4 Å². The van der Waals surface area contributed by atoms with Crippen LogP contribution in [0.25, 0.3) is 0 Å². The maximum atomic E-state index is 13.1. The van der Waals surface area contributed by atoms with E-state index in [1.165, 1.54) is 6.08 Å². The minimum atomic E-state index is -0.929. The zero-order valence-corrected chi connectivity index (χ0v) is 22.2. The molecule has 37 heavy (non-hydrogen) atoms. The zero-order valence-electron chi connectivity index (χ0n) is 22.2. The highest BCUT2D eigenvalue weighted by atomic mass is 16.3. The number of nitrogens with one attached hydrogen (secondary N) is 3. The fourth-order valence-electron chi connectivity index (χ4n) is 5.35. The van der Waals surface area contributed by atoms with Crippen LogP contribution in [0.2, 0.25) is 0 Å². The molecule has 2 aromatic rings. The highest BCUT2D eigenvalue weighted by molar-refractivity contribution is 5.94. The second-order valence-corrected chi connectivity index (χ2v) is 10.7. The molecule has 4 rings (SSSR count). The summed E-state index contributed by atoms with van der Waals surface area (Å²) in [5.74, 6) is -0.135. The van der Waals surface area contributed by atoms with Crippen LogP contribution in [0.5, 0.6) is 0 Å². The van der Waals surface area contributed by atoms with Crippen molar-refractivity contribution in [3.05, 3.63) is 59.8 Å². The standard InChI is InChI=1S/C27H39N7O3/c1-6-22(35)33-14-10-13-19(15-33)25(36)29-24-20-16-34(27(2,3)23(20)30-31-24)26(37)28-21(17-32(4)5)18-11-8-7-9-12-18/h6-9,11-12,19,21,26,28,37H,1,10,13-17H2,2-5H3,(H2,29,30,31,36)/t19-,21-,26?/m1/s1. The zero-order chi connectivity index (χ0) is 26.7. The molecule has 2 aliphatic rings. The molecule has 0 bridgehead atoms. The summed E-state index contributed by atoms with van der Waals surface area (Å²) in [4.78, 5) is 30.8. The molecule has 1 aromatic heterocycles. The normalized spacial score (nSPS) is 20.9. The first-order valence-electron chi connectivity index (χ1n) is 12.8. The van der Waals surface area contributed by atoms with Crippen LogP contribution in [0.4, 0.5) is 5.82 Å². The molecule has 1 unspecified atom stereocenters. The Balaban J connectivity index is 1.46. The molecule has 1 aromatic carbocycles. The lowest BCUT2D eigenvalue weighted by Gasteiger charge is -2.38. The molecule has 1 fully saturated rings. The largest absolute Gasteiger partial charge is 0.365 e. The van der Waals surface area contributed by atoms with Crippen LogP contribution in [-0.4, -0.2) is 81.9 Å². The number of nitrogens with zero attached hydrogens (tertiary/aromatic N) is 4. The molecule has 10 nitrogen and oxygen atoms in total. The molecule has 0 aliphatic carbocycles. The van der Waals surface area contributed by atoms with E-state index in [1.54, 1.807) is 4.90 Å². The Morgan fingerprint density at radius 1 is 1.32 bits per heavy atom. The second kappa shape index (κ2) is 11.1. The number of aliphatic hydroxyl groups excluding tert-OH is 1. The number of amides is 2. The van der Waals surface area contributed by atoms with Crippen LogP contribution in [-0.2, 0) is 21.7 Å². The third kappa shape index (κ3) is 5.77. The van der Waals surface area contributed by atoms with Crippen molar-refractivity contribution in [1.29, 1.82) is 0 Å². The number of anilines is 1. The van der Waals surface area contributed by atoms with Gasteiger partial charge in [-0.2, -0.15) is 5.10 Å². The molecule has 3 atom stereocenters. The van der Waals surface area contributed by atoms with E-state index >= 15 is 0 Å². The van der Waals surface area contributed by atoms with Gasteiger partial charge in [0.1, 0.15) is 0 Å². The van der Waals surface area contributed by atoms with Crippen molar-refractivity contribution < 1.29 is 14.7 Å². The first-order chi connectivity index (χ1) is 17.6. The van der Waals surface area contributed by atoms with E-state index in [-0.39, 0.29) is 23.8 Å². The van der Waals surface area contributed by atoms with Crippen LogP contribution in [0, 0.1) is 5.92 Å². The second-order valence-electron chi connectivity index (χ2n) is 10.7. The maximum Gasteiger partial charge on any atom is 0.245 e. The van der Waals surface area contributed by atoms with Crippen molar-refractivity contribution >= 4 is 17.6 Å². The molecular formula is C27H39N7O3. The van der Waals surface area contributed by atoms with Gasteiger partial charge in [0.25, 0.3) is 0 Å². The number of fused-ring (bicyclic) bond motifs is 1. The first kappa shape index (κ1) is 27.0. The van der Waals surface area contributed by atoms with E-state index in [1.807, 2.05) is 51.0 Å². The average molecular weight is 510 g/mol. The number of H-pyrrole nitrogens is 1. The number of likely N-dealkylation sites (tertiary alicyclic amines) is 1. The van der Waals surface area contributed by atoms with Gasteiger partial charge in [0, 0.05) is 37.8 Å². The number of rotatable bonds is 9. The van der Waals surface area contributed by atoms with E-state index in [0.717, 1.165) is 29.8 Å². The lowest BCUT2D eigenvalue weighted by Crippen LogP contribution is -2.52. The Kier molecular flexibility index (Phi) is 8.13. The van der Waals surface area contributed by atoms with Crippen LogP contribution < -0.4 is 10.6 Å². The molecule has 1 saturated heterocycles. The molecule has 10 heteroatoms. The topological polar surface area (TPSA) is 117 Å². The number of aliphatic hydroxyl groups is 1. The van der Waals surface area contributed by atoms with Gasteiger partial charge in [0.15, 0.2) is 12.2 Å². The van der Waals surface area contributed by atoms with E-state index in [9.17, 15) is 14.7 Å². The fraction of sp³-hybridized carbons (Fsp3) is 0.519. The third-order valence-electron chi connectivity index (χ3n) is 7.44. The van der Waals surface area contributed by atoms with Gasteiger partial charge in [-0.3, -0.25) is 24.9 Å². The van der Waals surface area contributed by atoms with Crippen molar-refractivity contribution in [2.24, 2.45) is 5.92 Å². The van der Waals surface area contributed by atoms with Crippen molar-refractivity contribution in [2.75, 3.05) is 39.0 Å². The summed E-state index contributed by atoms with van der Waals surface area (Å²) >= 11 is 0. The van der Waals surface area contributed by atoms with E-state index in [0.29, 0.717) is 31.9 Å². The first-order valence-corrected chi connectivity index (χ1v) is 12.8. The number of likely N-dealkylation sites (N-methyl/N-ethyl adjacent to an activating group) is 1. The van der Waals surface area contributed by atoms with Gasteiger partial charge in [0.2, 0.25) is 11.8 Å². The monoisotopic (exact) mass is 509 g/mol. The average Bonchev–Trinajstić information content (AvgIpc) is 3.41. The highest BCUT2D eigenvalue weighted by Gasteiger charge is 2.45. The number of hydrogen-bond donors (Lipinski definition) is 4. The molecule has 4 N–H and O–H groups in total. The SMILES string of the molecule is C=CC(=O)N1CCC[C@@H](C(=O)Nc2n[nH]c3c2CN(C(O)N[C@H](CN(C)C)c2ccccc2)C3(C)C)C1. The van der Waals surface area contributed by atoms with Gasteiger partial charge in [-0.15, -0.1) is 0 Å². The minimum Gasteiger partial charge on any atom is -0.365 e. The minimum absolute atomic E-state index is 0.0780. The van der Waals surface area contributed by atoms with Crippen LogP contribution in [0.3, 0.4) is 0 Å². The number of piperidine rings is 1. The van der Waals surface area contributed by atoms with Crippen molar-refractivity contribution in [1.82, 2.24) is 30.2 Å². The van der Waals surface area contributed by atoms with Gasteiger partial charge >= 0.3 is 0 Å². The van der Waals surface area contributed by atoms with Gasteiger partial charge in [-0.05, 0) is 52.4 Å². The highest BCUT2D eigenvalue weighted by Crippen LogP contribution is 2.41. The van der Waals surface area contributed by atoms with Crippen LogP contribution in [0.1, 0.15) is 49.6 Å². The third-order valence-corrected chi connectivity index (χ3v) is 7.44. The van der Waals surface area contributed by atoms with Crippen molar-refractivity contribution in [2.45, 2.75) is 51.2 Å². The number of carbonyl (C=O) groups excluding carboxylic acids is 2. The number of hydrogen-bond acceptors (Lipinski definition) is 7. The Morgan fingerprint density at radius 2 is 2.05 bits per heavy atom. The summed E-state index contributed by atoms with van der Waals surface area (Å²) in [5.41, 5.74) is 2.27. The predicted octanol–water partition coefficient (Wildman–Crippen LogP) is 1.99. The van der Waals surface area contributed by atoms with Gasteiger partial charge in [-0.25, -0.2) is 0 Å². The molecule has 200 valence electrons. The van der Waals surface area contributed by atoms with Crippen molar-refractivity contribution in [3.8, 4) is 0 Å². The number of carbonyl (C=O) groups is 2. The Morgan fingerprint density at radius 3 is 2.73 bits per heavy atom. The van der Waals surface area contributed by atoms with E-state index in [4.69, 9.17) is 0 Å². The lowest BCUT2D eigenvalue weighted by molar-refractivity contribution is -0.130. The Hall–Kier alpha value is -3.05. The summed E-state index contributed by atoms with van der Waals surface area (Å²) in [6.07, 6.45) is 1.84. The lowest BCUT2D eigenvalue weighted by atomic mass is 9.97. The molecule has 2 aliphatic heterocycles.